The molecule has 2 unspecified atom stereocenters. The Morgan fingerprint density at radius 3 is 3.18 bits per heavy atom. The fourth-order valence-corrected chi connectivity index (χ4v) is 1.98. The second-order valence-corrected chi connectivity index (χ2v) is 4.28. The van der Waals surface area contributed by atoms with Crippen LogP contribution in [0.4, 0.5) is 11.5 Å². The molecule has 2 rings (SSSR count). The summed E-state index contributed by atoms with van der Waals surface area (Å²) in [6.45, 7) is 3.65. The lowest BCUT2D eigenvalue weighted by atomic mass is 10.0. The first-order chi connectivity index (χ1) is 8.20. The monoisotopic (exact) mass is 232 g/mol. The van der Waals surface area contributed by atoms with Gasteiger partial charge in [-0.15, -0.1) is 0 Å². The quantitative estimate of drug-likeness (QED) is 0.822. The molecule has 0 radical (unpaired) electrons. The summed E-state index contributed by atoms with van der Waals surface area (Å²) in [6, 6.07) is 3.72. The van der Waals surface area contributed by atoms with Crippen molar-refractivity contribution in [1.82, 2.24) is 4.98 Å². The van der Waals surface area contributed by atoms with Gasteiger partial charge in [0, 0.05) is 19.1 Å². The zero-order valence-corrected chi connectivity index (χ0v) is 9.81. The third-order valence-electron chi connectivity index (χ3n) is 3.09. The van der Waals surface area contributed by atoms with Crippen LogP contribution in [-0.4, -0.2) is 24.2 Å². The lowest BCUT2D eigenvalue weighted by Gasteiger charge is -2.15. The third-order valence-corrected chi connectivity index (χ3v) is 3.09. The van der Waals surface area contributed by atoms with Gasteiger partial charge in [-0.05, 0) is 19.4 Å². The van der Waals surface area contributed by atoms with Crippen molar-refractivity contribution in [3.05, 3.63) is 17.8 Å². The van der Waals surface area contributed by atoms with Crippen molar-refractivity contribution >= 4 is 11.5 Å². The molecule has 2 heterocycles. The van der Waals surface area contributed by atoms with E-state index in [2.05, 4.69) is 23.3 Å². The van der Waals surface area contributed by atoms with Crippen LogP contribution in [0.2, 0.25) is 0 Å². The van der Waals surface area contributed by atoms with Gasteiger partial charge in [0.15, 0.2) is 0 Å². The number of hydrogen-bond acceptors (Lipinski definition) is 5. The minimum Gasteiger partial charge on any atom is -0.397 e. The first-order valence-corrected chi connectivity index (χ1v) is 5.72. The Morgan fingerprint density at radius 2 is 2.53 bits per heavy atom. The third kappa shape index (κ3) is 2.66. The molecular weight excluding hydrogens is 216 g/mol. The zero-order chi connectivity index (χ0) is 12.3. The van der Waals surface area contributed by atoms with Crippen LogP contribution in [-0.2, 0) is 4.74 Å². The summed E-state index contributed by atoms with van der Waals surface area (Å²) in [4.78, 5) is 4.14. The maximum atomic E-state index is 8.98. The van der Waals surface area contributed by atoms with Crippen LogP contribution >= 0.6 is 0 Å². The molecule has 1 aliphatic rings. The molecule has 0 bridgehead atoms. The Bertz CT molecular complexity index is 441. The SMILES string of the molecule is CC1OCCC1CNc1ncc(N)cc1C#N. The standard InChI is InChI=1S/C12H16N4O/c1-8-9(2-3-17-8)6-15-12-10(5-13)4-11(14)7-16-12/h4,7-9H,2-3,6,14H2,1H3,(H,15,16). The summed E-state index contributed by atoms with van der Waals surface area (Å²) < 4.78 is 5.48. The van der Waals surface area contributed by atoms with E-state index >= 15 is 0 Å². The normalized spacial score (nSPS) is 23.3. The van der Waals surface area contributed by atoms with Gasteiger partial charge in [-0.2, -0.15) is 5.26 Å². The van der Waals surface area contributed by atoms with Gasteiger partial charge >= 0.3 is 0 Å². The van der Waals surface area contributed by atoms with Crippen LogP contribution in [0.3, 0.4) is 0 Å². The Kier molecular flexibility index (Phi) is 3.45. The number of rotatable bonds is 3. The highest BCUT2D eigenvalue weighted by Gasteiger charge is 2.24. The van der Waals surface area contributed by atoms with Gasteiger partial charge in [0.1, 0.15) is 11.9 Å². The first kappa shape index (κ1) is 11.7. The summed E-state index contributed by atoms with van der Waals surface area (Å²) in [5.41, 5.74) is 6.57. The molecule has 1 aromatic heterocycles. The molecule has 0 saturated carbocycles. The van der Waals surface area contributed by atoms with Gasteiger partial charge in [-0.3, -0.25) is 0 Å². The van der Waals surface area contributed by atoms with Crippen molar-refractivity contribution in [2.75, 3.05) is 24.2 Å². The molecule has 17 heavy (non-hydrogen) atoms. The number of ether oxygens (including phenoxy) is 1. The number of nitrogens with two attached hydrogens (primary N) is 1. The number of nitrogens with one attached hydrogen (secondary N) is 1. The van der Waals surface area contributed by atoms with Crippen LogP contribution in [0, 0.1) is 17.2 Å². The average Bonchev–Trinajstić information content (AvgIpc) is 2.73. The van der Waals surface area contributed by atoms with E-state index in [0.29, 0.717) is 23.0 Å². The Labute approximate surface area is 101 Å². The van der Waals surface area contributed by atoms with Gasteiger partial charge in [0.25, 0.3) is 0 Å². The first-order valence-electron chi connectivity index (χ1n) is 5.72. The molecule has 3 N–H and O–H groups in total. The smallest absolute Gasteiger partial charge is 0.144 e. The highest BCUT2D eigenvalue weighted by atomic mass is 16.5. The van der Waals surface area contributed by atoms with E-state index in [0.717, 1.165) is 19.6 Å². The topological polar surface area (TPSA) is 84.0 Å². The van der Waals surface area contributed by atoms with E-state index in [1.807, 2.05) is 0 Å². The molecule has 0 amide bonds. The predicted octanol–water partition coefficient (Wildman–Crippen LogP) is 1.37. The number of nitriles is 1. The fraction of sp³-hybridized carbons (Fsp3) is 0.500. The summed E-state index contributed by atoms with van der Waals surface area (Å²) >= 11 is 0. The molecule has 1 aliphatic heterocycles. The van der Waals surface area contributed by atoms with Crippen LogP contribution < -0.4 is 11.1 Å². The van der Waals surface area contributed by atoms with Gasteiger partial charge in [0.2, 0.25) is 0 Å². The largest absolute Gasteiger partial charge is 0.397 e. The molecule has 1 aromatic rings. The van der Waals surface area contributed by atoms with E-state index in [1.54, 1.807) is 12.3 Å². The number of hydrogen-bond donors (Lipinski definition) is 2. The summed E-state index contributed by atoms with van der Waals surface area (Å²) in [7, 11) is 0. The maximum Gasteiger partial charge on any atom is 0.144 e. The van der Waals surface area contributed by atoms with Crippen molar-refractivity contribution in [2.24, 2.45) is 5.92 Å². The minimum atomic E-state index is 0.266. The lowest BCUT2D eigenvalue weighted by molar-refractivity contribution is 0.108. The highest BCUT2D eigenvalue weighted by molar-refractivity contribution is 5.57. The molecule has 0 aromatic carbocycles. The van der Waals surface area contributed by atoms with Crippen molar-refractivity contribution in [2.45, 2.75) is 19.4 Å². The second-order valence-electron chi connectivity index (χ2n) is 4.28. The minimum absolute atomic E-state index is 0.266. The Hall–Kier alpha value is -1.80. The van der Waals surface area contributed by atoms with Crippen LogP contribution in [0.15, 0.2) is 12.3 Å². The van der Waals surface area contributed by atoms with E-state index < -0.39 is 0 Å². The van der Waals surface area contributed by atoms with Gasteiger partial charge in [-0.1, -0.05) is 0 Å². The van der Waals surface area contributed by atoms with Crippen molar-refractivity contribution in [3.8, 4) is 6.07 Å². The summed E-state index contributed by atoms with van der Waals surface area (Å²) in [5.74, 6) is 1.07. The number of nitrogens with zero attached hydrogens (tertiary/aromatic N) is 2. The second kappa shape index (κ2) is 5.02. The van der Waals surface area contributed by atoms with Crippen LogP contribution in [0.1, 0.15) is 18.9 Å². The summed E-state index contributed by atoms with van der Waals surface area (Å²) in [6.07, 6.45) is 2.87. The number of aromatic nitrogens is 1. The van der Waals surface area contributed by atoms with E-state index in [9.17, 15) is 0 Å². The van der Waals surface area contributed by atoms with Crippen molar-refractivity contribution in [3.63, 3.8) is 0 Å². The average molecular weight is 232 g/mol. The lowest BCUT2D eigenvalue weighted by Crippen LogP contribution is -2.21. The fourth-order valence-electron chi connectivity index (χ4n) is 1.98. The van der Waals surface area contributed by atoms with E-state index in [1.165, 1.54) is 0 Å². The molecule has 90 valence electrons. The number of nitrogen functional groups attached to an aromatic ring is 1. The van der Waals surface area contributed by atoms with E-state index in [4.69, 9.17) is 15.7 Å². The number of pyridine rings is 1. The molecule has 1 fully saturated rings. The number of anilines is 2. The molecule has 0 aliphatic carbocycles. The zero-order valence-electron chi connectivity index (χ0n) is 9.81. The van der Waals surface area contributed by atoms with Gasteiger partial charge < -0.3 is 15.8 Å². The highest BCUT2D eigenvalue weighted by Crippen LogP contribution is 2.21. The summed E-state index contributed by atoms with van der Waals surface area (Å²) in [5, 5.41) is 12.2. The van der Waals surface area contributed by atoms with Gasteiger partial charge in [0.05, 0.1) is 23.6 Å². The van der Waals surface area contributed by atoms with Crippen molar-refractivity contribution < 1.29 is 4.74 Å². The molecule has 5 nitrogen and oxygen atoms in total. The molecular formula is C12H16N4O. The Balaban J connectivity index is 2.01. The van der Waals surface area contributed by atoms with Crippen molar-refractivity contribution in [1.29, 1.82) is 5.26 Å². The Morgan fingerprint density at radius 1 is 1.71 bits per heavy atom. The predicted molar refractivity (Wildman–Crippen MR) is 65.4 cm³/mol. The van der Waals surface area contributed by atoms with Crippen LogP contribution in [0.25, 0.3) is 0 Å². The van der Waals surface area contributed by atoms with Crippen LogP contribution in [0.5, 0.6) is 0 Å². The molecule has 1 saturated heterocycles. The van der Waals surface area contributed by atoms with E-state index in [-0.39, 0.29) is 6.10 Å². The maximum absolute atomic E-state index is 8.98. The molecule has 0 spiro atoms. The molecule has 5 heteroatoms. The van der Waals surface area contributed by atoms with Gasteiger partial charge in [-0.25, -0.2) is 4.98 Å². The molecule has 2 atom stereocenters.